The van der Waals surface area contributed by atoms with Gasteiger partial charge in [0.2, 0.25) is 0 Å². The minimum absolute atomic E-state index is 0. The summed E-state index contributed by atoms with van der Waals surface area (Å²) in [5.74, 6) is 0.132. The molecule has 0 aliphatic heterocycles. The molecule has 148 valence electrons. The van der Waals surface area contributed by atoms with Gasteiger partial charge in [-0.1, -0.05) is 44.2 Å². The zero-order valence-electron chi connectivity index (χ0n) is 15.9. The number of hydrogen-bond acceptors (Lipinski definition) is 5. The summed E-state index contributed by atoms with van der Waals surface area (Å²) in [5.41, 5.74) is 11.9. The number of Topliss-reactive ketones (excluding diaryl/α,β-unsaturated/α-hetero) is 1. The van der Waals surface area contributed by atoms with E-state index in [1.165, 1.54) is 5.56 Å². The quantitative estimate of drug-likeness (QED) is 0.519. The first-order chi connectivity index (χ1) is 12.2. The van der Waals surface area contributed by atoms with E-state index < -0.39 is 0 Å². The van der Waals surface area contributed by atoms with E-state index in [0.29, 0.717) is 26.1 Å². The molecular weight excluding hydrogens is 316 g/mol. The maximum absolute atomic E-state index is 11.2. The Morgan fingerprint density at radius 3 is 2.16 bits per heavy atom. The Bertz CT molecular complexity index is 392. The van der Waals surface area contributed by atoms with E-state index in [1.807, 2.05) is 44.0 Å². The first-order valence-electron chi connectivity index (χ1n) is 8.54. The molecule has 0 bridgehead atoms. The van der Waals surface area contributed by atoms with Gasteiger partial charge in [0.15, 0.2) is 0 Å². The number of ether oxygens (including phenoxy) is 1. The van der Waals surface area contributed by atoms with Gasteiger partial charge in [-0.25, -0.2) is 0 Å². The Morgan fingerprint density at radius 2 is 1.72 bits per heavy atom. The van der Waals surface area contributed by atoms with Crippen LogP contribution >= 0.6 is 0 Å². The predicted molar refractivity (Wildman–Crippen MR) is 111 cm³/mol. The molecule has 0 radical (unpaired) electrons. The molecule has 1 aromatic rings. The number of hydrogen-bond donors (Lipinski definition) is 2. The lowest BCUT2D eigenvalue weighted by Gasteiger charge is -2.09. The lowest BCUT2D eigenvalue weighted by molar-refractivity contribution is -0.120. The van der Waals surface area contributed by atoms with E-state index in [1.54, 1.807) is 0 Å². The second-order valence-electron chi connectivity index (χ2n) is 4.90. The Balaban J connectivity index is -0.000000140. The molecule has 4 N–H and O–H groups in total. The predicted octanol–water partition coefficient (Wildman–Crippen LogP) is 3.75. The topological polar surface area (TPSA) is 95.4 Å². The molecule has 0 amide bonds. The van der Waals surface area contributed by atoms with Crippen molar-refractivity contribution in [1.82, 2.24) is 0 Å². The molecule has 0 spiro atoms. The summed E-state index contributed by atoms with van der Waals surface area (Å²) in [6.45, 7) is 14.0. The van der Waals surface area contributed by atoms with Gasteiger partial charge in [0.1, 0.15) is 12.6 Å². The number of ketones is 1. The van der Waals surface area contributed by atoms with Crippen LogP contribution in [0.2, 0.25) is 0 Å². The maximum Gasteiger partial charge on any atom is 0.149 e. The van der Waals surface area contributed by atoms with E-state index >= 15 is 0 Å². The third-order valence-corrected chi connectivity index (χ3v) is 2.97. The second-order valence-corrected chi connectivity index (χ2v) is 4.90. The molecule has 0 saturated heterocycles. The number of nitrogens with two attached hydrogens (primary N) is 2. The van der Waals surface area contributed by atoms with Crippen molar-refractivity contribution in [3.8, 4) is 0 Å². The standard InChI is InChI=1S/C14H21NO2.C3H9N.C2H4.CH2O.2H2/c1-2-14(16)13(15)9-6-10-17-11-12-7-4-3-5-8-12;1-2-3-4;2*1-2;;/h3-5,7-8,13H,2,6,9-11,15H2,1H3;2-4H2,1H3;1-2H2;1H2;2*1H/t13-;;;;;/m0...../s1. The Morgan fingerprint density at radius 1 is 1.20 bits per heavy atom. The molecule has 0 saturated carbocycles. The third-order valence-electron chi connectivity index (χ3n) is 2.97. The van der Waals surface area contributed by atoms with Crippen LogP contribution < -0.4 is 11.5 Å². The lowest BCUT2D eigenvalue weighted by atomic mass is 10.1. The van der Waals surface area contributed by atoms with E-state index in [9.17, 15) is 4.79 Å². The fourth-order valence-corrected chi connectivity index (χ4v) is 1.59. The highest BCUT2D eigenvalue weighted by Crippen LogP contribution is 2.03. The summed E-state index contributed by atoms with van der Waals surface area (Å²) >= 11 is 0. The van der Waals surface area contributed by atoms with Crippen LogP contribution in [0.4, 0.5) is 0 Å². The number of carbonyl (C=O) groups excluding carboxylic acids is 2. The second kappa shape index (κ2) is 24.4. The van der Waals surface area contributed by atoms with Crippen LogP contribution in [0.5, 0.6) is 0 Å². The van der Waals surface area contributed by atoms with Crippen LogP contribution in [0, 0.1) is 0 Å². The molecule has 0 unspecified atom stereocenters. The van der Waals surface area contributed by atoms with E-state index in [4.69, 9.17) is 21.0 Å². The average Bonchev–Trinajstić information content (AvgIpc) is 2.71. The van der Waals surface area contributed by atoms with Gasteiger partial charge >= 0.3 is 0 Å². The van der Waals surface area contributed by atoms with Crippen molar-refractivity contribution in [1.29, 1.82) is 0 Å². The first kappa shape index (κ1) is 28.0. The van der Waals surface area contributed by atoms with Gasteiger partial charge in [0.05, 0.1) is 12.6 Å². The van der Waals surface area contributed by atoms with Gasteiger partial charge in [-0.15, -0.1) is 13.2 Å². The summed E-state index contributed by atoms with van der Waals surface area (Å²) in [6, 6.07) is 9.72. The fourth-order valence-electron chi connectivity index (χ4n) is 1.59. The van der Waals surface area contributed by atoms with Gasteiger partial charge < -0.3 is 21.0 Å². The average molecular weight is 357 g/mol. The molecule has 1 rings (SSSR count). The number of benzene rings is 1. The minimum atomic E-state index is -0.319. The molecule has 0 aliphatic carbocycles. The molecule has 1 aromatic carbocycles. The lowest BCUT2D eigenvalue weighted by Crippen LogP contribution is -2.29. The fraction of sp³-hybridized carbons (Fsp3) is 0.500. The molecule has 5 nitrogen and oxygen atoms in total. The Hall–Kier alpha value is -1.82. The number of carbonyl (C=O) groups is 2. The van der Waals surface area contributed by atoms with Crippen molar-refractivity contribution in [2.45, 2.75) is 52.2 Å². The van der Waals surface area contributed by atoms with Crippen molar-refractivity contribution < 1.29 is 17.2 Å². The first-order valence-corrected chi connectivity index (χ1v) is 8.54. The zero-order chi connectivity index (χ0) is 19.9. The Labute approximate surface area is 156 Å². The van der Waals surface area contributed by atoms with Gasteiger partial charge in [-0.3, -0.25) is 4.79 Å². The molecule has 0 aromatic heterocycles. The van der Waals surface area contributed by atoms with Crippen LogP contribution in [-0.4, -0.2) is 31.8 Å². The molecule has 1 atom stereocenters. The normalized spacial score (nSPS) is 9.92. The van der Waals surface area contributed by atoms with Crippen LogP contribution in [0.1, 0.15) is 47.9 Å². The highest BCUT2D eigenvalue weighted by atomic mass is 16.5. The summed E-state index contributed by atoms with van der Waals surface area (Å²) < 4.78 is 5.52. The summed E-state index contributed by atoms with van der Waals surface area (Å²) in [6.07, 6.45) is 3.16. The maximum atomic E-state index is 11.2. The molecular formula is C20H40N2O3. The zero-order valence-corrected chi connectivity index (χ0v) is 15.9. The highest BCUT2D eigenvalue weighted by Gasteiger charge is 2.09. The molecule has 0 heterocycles. The van der Waals surface area contributed by atoms with Crippen molar-refractivity contribution >= 4 is 12.6 Å². The highest BCUT2D eigenvalue weighted by molar-refractivity contribution is 5.83. The monoisotopic (exact) mass is 356 g/mol. The summed E-state index contributed by atoms with van der Waals surface area (Å²) in [5, 5.41) is 0. The van der Waals surface area contributed by atoms with Crippen molar-refractivity contribution in [2.75, 3.05) is 13.2 Å². The van der Waals surface area contributed by atoms with E-state index in [2.05, 4.69) is 20.1 Å². The SMILES string of the molecule is C=C.C=O.CCC(=O)[C@@H](N)CCCOCc1ccccc1.CCCN.[HH].[HH]. The van der Waals surface area contributed by atoms with Gasteiger partial charge in [-0.05, 0) is 31.4 Å². The van der Waals surface area contributed by atoms with Crippen LogP contribution in [-0.2, 0) is 20.9 Å². The van der Waals surface area contributed by atoms with E-state index in [0.717, 1.165) is 19.4 Å². The van der Waals surface area contributed by atoms with Crippen LogP contribution in [0.15, 0.2) is 43.5 Å². The molecule has 0 aliphatic rings. The summed E-state index contributed by atoms with van der Waals surface area (Å²) in [4.78, 5) is 19.2. The van der Waals surface area contributed by atoms with Gasteiger partial charge in [0.25, 0.3) is 0 Å². The van der Waals surface area contributed by atoms with Crippen molar-refractivity contribution in [2.24, 2.45) is 11.5 Å². The van der Waals surface area contributed by atoms with Crippen LogP contribution in [0.3, 0.4) is 0 Å². The molecule has 0 fully saturated rings. The van der Waals surface area contributed by atoms with E-state index in [-0.39, 0.29) is 14.7 Å². The minimum Gasteiger partial charge on any atom is -0.377 e. The third kappa shape index (κ3) is 20.1. The molecule has 25 heavy (non-hydrogen) atoms. The smallest absolute Gasteiger partial charge is 0.149 e. The largest absolute Gasteiger partial charge is 0.377 e. The van der Waals surface area contributed by atoms with Crippen LogP contribution in [0.25, 0.3) is 0 Å². The summed E-state index contributed by atoms with van der Waals surface area (Å²) in [7, 11) is 0. The van der Waals surface area contributed by atoms with Gasteiger partial charge in [-0.2, -0.15) is 0 Å². The Kier molecular flexibility index (Phi) is 27.4. The van der Waals surface area contributed by atoms with Gasteiger partial charge in [0, 0.05) is 15.9 Å². The molecule has 5 heteroatoms. The van der Waals surface area contributed by atoms with Crippen molar-refractivity contribution in [3.05, 3.63) is 49.1 Å². The van der Waals surface area contributed by atoms with Crippen molar-refractivity contribution in [3.63, 3.8) is 0 Å². The number of rotatable bonds is 9.